The van der Waals surface area contributed by atoms with Crippen molar-refractivity contribution in [3.63, 3.8) is 0 Å². The maximum Gasteiger partial charge on any atom is 0.245 e. The molecule has 3 N–H and O–H groups in total. The van der Waals surface area contributed by atoms with Crippen molar-refractivity contribution in [1.82, 2.24) is 5.48 Å². The first-order valence-electron chi connectivity index (χ1n) is 5.38. The third kappa shape index (κ3) is 4.91. The lowest BCUT2D eigenvalue weighted by Crippen LogP contribution is -2.25. The standard InChI is InChI=1S/C12H18N2O2/c1-10(11-5-3-2-4-6-11)7-8-14-16-9-12(13)15/h2-6,10,14H,7-9H2,1H3,(H2,13,15). The third-order valence-corrected chi connectivity index (χ3v) is 2.36. The van der Waals surface area contributed by atoms with Crippen molar-refractivity contribution in [1.29, 1.82) is 0 Å². The molecule has 0 bridgehead atoms. The number of primary amides is 1. The second kappa shape index (κ2) is 6.98. The van der Waals surface area contributed by atoms with Crippen molar-refractivity contribution in [2.45, 2.75) is 19.3 Å². The van der Waals surface area contributed by atoms with Gasteiger partial charge in [0.1, 0.15) is 6.61 Å². The van der Waals surface area contributed by atoms with Crippen LogP contribution in [0.15, 0.2) is 30.3 Å². The van der Waals surface area contributed by atoms with Gasteiger partial charge in [-0.25, -0.2) is 5.48 Å². The van der Waals surface area contributed by atoms with Crippen molar-refractivity contribution in [2.75, 3.05) is 13.2 Å². The van der Waals surface area contributed by atoms with Gasteiger partial charge in [0.2, 0.25) is 5.91 Å². The van der Waals surface area contributed by atoms with Gasteiger partial charge in [-0.1, -0.05) is 37.3 Å². The van der Waals surface area contributed by atoms with E-state index in [1.54, 1.807) is 0 Å². The number of nitrogens with one attached hydrogen (secondary N) is 1. The molecule has 4 heteroatoms. The molecule has 0 aromatic heterocycles. The molecule has 4 nitrogen and oxygen atoms in total. The Hall–Kier alpha value is -1.39. The van der Waals surface area contributed by atoms with Crippen LogP contribution < -0.4 is 11.2 Å². The molecule has 1 aromatic carbocycles. The molecule has 0 saturated heterocycles. The fourth-order valence-corrected chi connectivity index (χ4v) is 1.42. The summed E-state index contributed by atoms with van der Waals surface area (Å²) in [5.41, 5.74) is 8.94. The number of hydrogen-bond acceptors (Lipinski definition) is 3. The monoisotopic (exact) mass is 222 g/mol. The number of carbonyl (C=O) groups is 1. The minimum atomic E-state index is -0.469. The smallest absolute Gasteiger partial charge is 0.245 e. The maximum atomic E-state index is 10.4. The van der Waals surface area contributed by atoms with Crippen molar-refractivity contribution in [3.05, 3.63) is 35.9 Å². The second-order valence-electron chi connectivity index (χ2n) is 3.75. The van der Waals surface area contributed by atoms with Crippen LogP contribution in [-0.2, 0) is 9.63 Å². The van der Waals surface area contributed by atoms with E-state index in [9.17, 15) is 4.79 Å². The average molecular weight is 222 g/mol. The average Bonchev–Trinajstić information content (AvgIpc) is 2.29. The number of benzene rings is 1. The summed E-state index contributed by atoms with van der Waals surface area (Å²) in [5.74, 6) is -0.00511. The molecular formula is C12H18N2O2. The van der Waals surface area contributed by atoms with Crippen LogP contribution in [0.3, 0.4) is 0 Å². The molecule has 1 unspecified atom stereocenters. The van der Waals surface area contributed by atoms with E-state index in [1.807, 2.05) is 18.2 Å². The number of rotatable bonds is 7. The lowest BCUT2D eigenvalue weighted by atomic mass is 9.98. The van der Waals surface area contributed by atoms with Crippen LogP contribution in [0.5, 0.6) is 0 Å². The van der Waals surface area contributed by atoms with E-state index in [1.165, 1.54) is 5.56 Å². The highest BCUT2D eigenvalue weighted by atomic mass is 16.6. The first kappa shape index (κ1) is 12.7. The molecular weight excluding hydrogens is 204 g/mol. The zero-order valence-corrected chi connectivity index (χ0v) is 9.48. The summed E-state index contributed by atoms with van der Waals surface area (Å²) in [6.45, 7) is 2.77. The molecule has 1 rings (SSSR count). The SMILES string of the molecule is CC(CCNOCC(N)=O)c1ccccc1. The normalized spacial score (nSPS) is 12.3. The van der Waals surface area contributed by atoms with Crippen LogP contribution in [0.1, 0.15) is 24.8 Å². The zero-order chi connectivity index (χ0) is 11.8. The summed E-state index contributed by atoms with van der Waals surface area (Å²) >= 11 is 0. The predicted molar refractivity (Wildman–Crippen MR) is 62.6 cm³/mol. The van der Waals surface area contributed by atoms with Crippen LogP contribution in [-0.4, -0.2) is 19.1 Å². The second-order valence-corrected chi connectivity index (χ2v) is 3.75. The van der Waals surface area contributed by atoms with Gasteiger partial charge in [0.15, 0.2) is 0 Å². The molecule has 0 aliphatic heterocycles. The molecule has 0 fully saturated rings. The van der Waals surface area contributed by atoms with Crippen LogP contribution in [0.25, 0.3) is 0 Å². The van der Waals surface area contributed by atoms with E-state index >= 15 is 0 Å². The molecule has 0 spiro atoms. The summed E-state index contributed by atoms with van der Waals surface area (Å²) < 4.78 is 0. The molecule has 0 radical (unpaired) electrons. The molecule has 88 valence electrons. The Kier molecular flexibility index (Phi) is 5.53. The first-order valence-corrected chi connectivity index (χ1v) is 5.38. The molecule has 1 aromatic rings. The highest BCUT2D eigenvalue weighted by Crippen LogP contribution is 2.17. The van der Waals surface area contributed by atoms with Gasteiger partial charge in [0, 0.05) is 6.54 Å². The Morgan fingerprint density at radius 1 is 1.44 bits per heavy atom. The summed E-state index contributed by atoms with van der Waals surface area (Å²) in [7, 11) is 0. The summed E-state index contributed by atoms with van der Waals surface area (Å²) in [5, 5.41) is 0. The maximum absolute atomic E-state index is 10.4. The molecule has 0 saturated carbocycles. The molecule has 16 heavy (non-hydrogen) atoms. The molecule has 1 atom stereocenters. The minimum Gasteiger partial charge on any atom is -0.368 e. The summed E-state index contributed by atoms with van der Waals surface area (Å²) in [6, 6.07) is 10.3. The Labute approximate surface area is 95.7 Å². The van der Waals surface area contributed by atoms with Gasteiger partial charge < -0.3 is 5.73 Å². The Morgan fingerprint density at radius 3 is 2.75 bits per heavy atom. The lowest BCUT2D eigenvalue weighted by molar-refractivity contribution is -0.125. The van der Waals surface area contributed by atoms with Gasteiger partial charge in [-0.2, -0.15) is 0 Å². The highest BCUT2D eigenvalue weighted by molar-refractivity contribution is 5.74. The topological polar surface area (TPSA) is 64.3 Å². The fraction of sp³-hybridized carbons (Fsp3) is 0.417. The van der Waals surface area contributed by atoms with E-state index < -0.39 is 5.91 Å². The van der Waals surface area contributed by atoms with E-state index in [0.717, 1.165) is 6.42 Å². The van der Waals surface area contributed by atoms with Crippen LogP contribution >= 0.6 is 0 Å². The van der Waals surface area contributed by atoms with Gasteiger partial charge in [-0.3, -0.25) is 9.63 Å². The van der Waals surface area contributed by atoms with Crippen molar-refractivity contribution < 1.29 is 9.63 Å². The van der Waals surface area contributed by atoms with Crippen LogP contribution in [0.2, 0.25) is 0 Å². The molecule has 0 aliphatic carbocycles. The molecule has 0 aliphatic rings. The Balaban J connectivity index is 2.16. The Bertz CT molecular complexity index is 314. The third-order valence-electron chi connectivity index (χ3n) is 2.36. The highest BCUT2D eigenvalue weighted by Gasteiger charge is 2.04. The number of hydroxylamine groups is 1. The van der Waals surface area contributed by atoms with E-state index in [-0.39, 0.29) is 6.61 Å². The van der Waals surface area contributed by atoms with Gasteiger partial charge in [-0.05, 0) is 17.9 Å². The van der Waals surface area contributed by atoms with Crippen molar-refractivity contribution in [2.24, 2.45) is 5.73 Å². The minimum absolute atomic E-state index is 0.0836. The summed E-state index contributed by atoms with van der Waals surface area (Å²) in [4.78, 5) is 15.2. The quantitative estimate of drug-likeness (QED) is 0.538. The number of hydrogen-bond donors (Lipinski definition) is 2. The molecule has 0 heterocycles. The summed E-state index contributed by atoms with van der Waals surface area (Å²) in [6.07, 6.45) is 0.947. The number of nitrogens with two attached hydrogens (primary N) is 1. The van der Waals surface area contributed by atoms with Crippen molar-refractivity contribution >= 4 is 5.91 Å². The van der Waals surface area contributed by atoms with Crippen molar-refractivity contribution in [3.8, 4) is 0 Å². The van der Waals surface area contributed by atoms with Crippen LogP contribution in [0.4, 0.5) is 0 Å². The van der Waals surface area contributed by atoms with Crippen LogP contribution in [0, 0.1) is 0 Å². The van der Waals surface area contributed by atoms with Gasteiger partial charge in [-0.15, -0.1) is 0 Å². The Morgan fingerprint density at radius 2 is 2.12 bits per heavy atom. The van der Waals surface area contributed by atoms with E-state index in [2.05, 4.69) is 24.5 Å². The van der Waals surface area contributed by atoms with Gasteiger partial charge in [0.25, 0.3) is 0 Å². The zero-order valence-electron chi connectivity index (χ0n) is 9.48. The van der Waals surface area contributed by atoms with E-state index in [0.29, 0.717) is 12.5 Å². The first-order chi connectivity index (χ1) is 7.70. The lowest BCUT2D eigenvalue weighted by Gasteiger charge is -2.11. The number of amides is 1. The molecule has 1 amide bonds. The largest absolute Gasteiger partial charge is 0.368 e. The fourth-order valence-electron chi connectivity index (χ4n) is 1.42. The van der Waals surface area contributed by atoms with E-state index in [4.69, 9.17) is 10.6 Å². The van der Waals surface area contributed by atoms with Gasteiger partial charge in [0.05, 0.1) is 0 Å². The number of carbonyl (C=O) groups excluding carboxylic acids is 1. The van der Waals surface area contributed by atoms with Gasteiger partial charge >= 0.3 is 0 Å². The predicted octanol–water partition coefficient (Wildman–Crippen LogP) is 1.19.